The van der Waals surface area contributed by atoms with Crippen LogP contribution in [0.2, 0.25) is 5.02 Å². The Kier molecular flexibility index (Phi) is 4.50. The Morgan fingerprint density at radius 3 is 2.55 bits per heavy atom. The van der Waals surface area contributed by atoms with Crippen LogP contribution in [0.25, 0.3) is 0 Å². The Balaban J connectivity index is 2.29. The predicted octanol–water partition coefficient (Wildman–Crippen LogP) is 2.40. The van der Waals surface area contributed by atoms with Crippen molar-refractivity contribution in [1.82, 2.24) is 19.6 Å². The molecule has 0 saturated heterocycles. The topological polar surface area (TPSA) is 61.7 Å². The number of halogens is 1. The molecule has 5 nitrogen and oxygen atoms in total. The molecule has 0 saturated carbocycles. The first kappa shape index (κ1) is 15.1. The SMILES string of the molecule is CCc1nn(CC)c(CC(N)c2cn(C)nc2C)c1Cl. The van der Waals surface area contributed by atoms with Crippen molar-refractivity contribution in [3.8, 4) is 0 Å². The van der Waals surface area contributed by atoms with Crippen LogP contribution in [-0.4, -0.2) is 19.6 Å². The van der Waals surface area contributed by atoms with Crippen molar-refractivity contribution in [2.75, 3.05) is 0 Å². The summed E-state index contributed by atoms with van der Waals surface area (Å²) in [5.41, 5.74) is 10.3. The molecule has 110 valence electrons. The zero-order valence-corrected chi connectivity index (χ0v) is 13.3. The van der Waals surface area contributed by atoms with Crippen LogP contribution in [0.5, 0.6) is 0 Å². The minimum atomic E-state index is -0.118. The highest BCUT2D eigenvalue weighted by Gasteiger charge is 2.20. The van der Waals surface area contributed by atoms with Crippen LogP contribution in [0.4, 0.5) is 0 Å². The van der Waals surface area contributed by atoms with Gasteiger partial charge in [0.2, 0.25) is 0 Å². The predicted molar refractivity (Wildman–Crippen MR) is 80.9 cm³/mol. The molecule has 0 spiro atoms. The van der Waals surface area contributed by atoms with E-state index in [1.54, 1.807) is 4.68 Å². The fourth-order valence-corrected chi connectivity index (χ4v) is 2.86. The summed E-state index contributed by atoms with van der Waals surface area (Å²) in [5, 5.41) is 9.63. The summed E-state index contributed by atoms with van der Waals surface area (Å²) in [6.45, 7) is 6.90. The number of aryl methyl sites for hydroxylation is 4. The highest BCUT2D eigenvalue weighted by atomic mass is 35.5. The summed E-state index contributed by atoms with van der Waals surface area (Å²) in [6, 6.07) is -0.118. The maximum absolute atomic E-state index is 6.43. The zero-order chi connectivity index (χ0) is 14.9. The maximum Gasteiger partial charge on any atom is 0.0850 e. The van der Waals surface area contributed by atoms with Crippen LogP contribution in [0, 0.1) is 6.92 Å². The van der Waals surface area contributed by atoms with Gasteiger partial charge >= 0.3 is 0 Å². The van der Waals surface area contributed by atoms with Gasteiger partial charge in [0.15, 0.2) is 0 Å². The molecule has 0 aromatic carbocycles. The van der Waals surface area contributed by atoms with E-state index in [1.807, 2.05) is 24.9 Å². The first-order valence-corrected chi connectivity index (χ1v) is 7.35. The third-order valence-electron chi connectivity index (χ3n) is 3.56. The minimum absolute atomic E-state index is 0.118. The minimum Gasteiger partial charge on any atom is -0.324 e. The lowest BCUT2D eigenvalue weighted by molar-refractivity contribution is 0.584. The number of rotatable bonds is 5. The molecule has 20 heavy (non-hydrogen) atoms. The van der Waals surface area contributed by atoms with Crippen molar-refractivity contribution in [3.05, 3.63) is 33.9 Å². The van der Waals surface area contributed by atoms with Crippen LogP contribution in [-0.2, 0) is 26.4 Å². The lowest BCUT2D eigenvalue weighted by atomic mass is 10.0. The molecule has 2 aromatic rings. The van der Waals surface area contributed by atoms with Gasteiger partial charge in [0.25, 0.3) is 0 Å². The van der Waals surface area contributed by atoms with Crippen molar-refractivity contribution in [1.29, 1.82) is 0 Å². The van der Waals surface area contributed by atoms with Gasteiger partial charge in [-0.2, -0.15) is 10.2 Å². The number of nitrogens with zero attached hydrogens (tertiary/aromatic N) is 4. The molecular formula is C14H22ClN5. The highest BCUT2D eigenvalue weighted by molar-refractivity contribution is 6.31. The molecule has 0 aliphatic carbocycles. The van der Waals surface area contributed by atoms with E-state index in [4.69, 9.17) is 17.3 Å². The van der Waals surface area contributed by atoms with Gasteiger partial charge in [0.05, 0.1) is 22.1 Å². The van der Waals surface area contributed by atoms with Crippen LogP contribution in [0.15, 0.2) is 6.20 Å². The van der Waals surface area contributed by atoms with E-state index in [0.717, 1.165) is 40.6 Å². The Morgan fingerprint density at radius 2 is 2.05 bits per heavy atom. The average molecular weight is 296 g/mol. The van der Waals surface area contributed by atoms with Crippen molar-refractivity contribution in [2.24, 2.45) is 12.8 Å². The first-order valence-electron chi connectivity index (χ1n) is 6.97. The van der Waals surface area contributed by atoms with E-state index in [0.29, 0.717) is 6.42 Å². The fraction of sp³-hybridized carbons (Fsp3) is 0.571. The van der Waals surface area contributed by atoms with Crippen molar-refractivity contribution in [2.45, 2.75) is 46.2 Å². The standard InChI is InChI=1S/C14H22ClN5/c1-5-12-14(15)13(20(6-2)18-12)7-11(16)10-8-19(4)17-9(10)3/h8,11H,5-7,16H2,1-4H3. The number of nitrogens with two attached hydrogens (primary N) is 1. The summed E-state index contributed by atoms with van der Waals surface area (Å²) in [6.07, 6.45) is 3.48. The van der Waals surface area contributed by atoms with E-state index in [1.165, 1.54) is 0 Å². The molecule has 0 aliphatic heterocycles. The van der Waals surface area contributed by atoms with Gasteiger partial charge in [-0.3, -0.25) is 9.36 Å². The number of aromatic nitrogens is 4. The molecule has 0 fully saturated rings. The second-order valence-electron chi connectivity index (χ2n) is 5.03. The van der Waals surface area contributed by atoms with E-state index in [9.17, 15) is 0 Å². The third-order valence-corrected chi connectivity index (χ3v) is 3.99. The van der Waals surface area contributed by atoms with Crippen molar-refractivity contribution in [3.63, 3.8) is 0 Å². The second kappa shape index (κ2) is 5.97. The average Bonchev–Trinajstić information content (AvgIpc) is 2.90. The second-order valence-corrected chi connectivity index (χ2v) is 5.41. The van der Waals surface area contributed by atoms with Crippen molar-refractivity contribution >= 4 is 11.6 Å². The van der Waals surface area contributed by atoms with Crippen LogP contribution < -0.4 is 5.73 Å². The summed E-state index contributed by atoms with van der Waals surface area (Å²) < 4.78 is 3.74. The van der Waals surface area contributed by atoms with Gasteiger partial charge in [-0.15, -0.1) is 0 Å². The monoisotopic (exact) mass is 295 g/mol. The molecule has 0 radical (unpaired) electrons. The van der Waals surface area contributed by atoms with Gasteiger partial charge < -0.3 is 5.73 Å². The molecule has 6 heteroatoms. The molecule has 2 rings (SSSR count). The largest absolute Gasteiger partial charge is 0.324 e. The van der Waals surface area contributed by atoms with Gasteiger partial charge in [0, 0.05) is 37.8 Å². The van der Waals surface area contributed by atoms with Gasteiger partial charge in [-0.1, -0.05) is 18.5 Å². The van der Waals surface area contributed by atoms with E-state index in [-0.39, 0.29) is 6.04 Å². The molecule has 2 N–H and O–H groups in total. The third kappa shape index (κ3) is 2.74. The maximum atomic E-state index is 6.43. The lowest BCUT2D eigenvalue weighted by Gasteiger charge is -2.12. The van der Waals surface area contributed by atoms with Crippen LogP contribution >= 0.6 is 11.6 Å². The Hall–Kier alpha value is -1.33. The summed E-state index contributed by atoms with van der Waals surface area (Å²) in [4.78, 5) is 0. The van der Waals surface area contributed by atoms with E-state index >= 15 is 0 Å². The molecule has 1 unspecified atom stereocenters. The molecular weight excluding hydrogens is 274 g/mol. The van der Waals surface area contributed by atoms with E-state index in [2.05, 4.69) is 24.0 Å². The molecule has 1 atom stereocenters. The Bertz CT molecular complexity index is 599. The smallest absolute Gasteiger partial charge is 0.0850 e. The number of hydrogen-bond acceptors (Lipinski definition) is 3. The molecule has 2 aromatic heterocycles. The highest BCUT2D eigenvalue weighted by Crippen LogP contribution is 2.26. The van der Waals surface area contributed by atoms with Crippen molar-refractivity contribution < 1.29 is 0 Å². The fourth-order valence-electron chi connectivity index (χ4n) is 2.51. The Labute approximate surface area is 124 Å². The summed E-state index contributed by atoms with van der Waals surface area (Å²) in [5.74, 6) is 0. The summed E-state index contributed by atoms with van der Waals surface area (Å²) >= 11 is 6.43. The van der Waals surface area contributed by atoms with E-state index < -0.39 is 0 Å². The molecule has 0 bridgehead atoms. The lowest BCUT2D eigenvalue weighted by Crippen LogP contribution is -2.16. The van der Waals surface area contributed by atoms with Crippen LogP contribution in [0.3, 0.4) is 0 Å². The van der Waals surface area contributed by atoms with Gasteiger partial charge in [0.1, 0.15) is 0 Å². The summed E-state index contributed by atoms with van der Waals surface area (Å²) in [7, 11) is 1.90. The Morgan fingerprint density at radius 1 is 1.35 bits per heavy atom. The van der Waals surface area contributed by atoms with Gasteiger partial charge in [-0.25, -0.2) is 0 Å². The first-order chi connectivity index (χ1) is 9.47. The van der Waals surface area contributed by atoms with Gasteiger partial charge in [-0.05, 0) is 20.3 Å². The molecule has 0 amide bonds. The number of hydrogen-bond donors (Lipinski definition) is 1. The van der Waals surface area contributed by atoms with Crippen LogP contribution in [0.1, 0.15) is 42.5 Å². The zero-order valence-electron chi connectivity index (χ0n) is 12.5. The molecule has 0 aliphatic rings. The molecule has 2 heterocycles. The quantitative estimate of drug-likeness (QED) is 0.921. The normalized spacial score (nSPS) is 12.9.